The van der Waals surface area contributed by atoms with Gasteiger partial charge in [-0.1, -0.05) is 0 Å². The molecule has 24 heavy (non-hydrogen) atoms. The number of ether oxygens (including phenoxy) is 3. The van der Waals surface area contributed by atoms with Crippen LogP contribution in [0.5, 0.6) is 17.2 Å². The Morgan fingerprint density at radius 2 is 1.62 bits per heavy atom. The Bertz CT molecular complexity index is 894. The second kappa shape index (κ2) is 6.41. The van der Waals surface area contributed by atoms with Gasteiger partial charge in [0.2, 0.25) is 0 Å². The standard InChI is InChI=1S/C17H15N3O4/c1-22-15-7-12-13(8-16(15)23-2)20-14(9-19-12)10-3-5-11(6-4-10)24-17(18)21/h3-9H,1-2H3,(H2,18,21). The molecule has 7 nitrogen and oxygen atoms in total. The summed E-state index contributed by atoms with van der Waals surface area (Å²) in [5.74, 6) is 1.55. The Balaban J connectivity index is 1.99. The van der Waals surface area contributed by atoms with Gasteiger partial charge in [-0.25, -0.2) is 9.78 Å². The summed E-state index contributed by atoms with van der Waals surface area (Å²) in [6.07, 6.45) is 0.812. The first kappa shape index (κ1) is 15.5. The Morgan fingerprint density at radius 3 is 2.21 bits per heavy atom. The Hall–Kier alpha value is -3.35. The smallest absolute Gasteiger partial charge is 0.409 e. The van der Waals surface area contributed by atoms with E-state index in [4.69, 9.17) is 19.9 Å². The summed E-state index contributed by atoms with van der Waals surface area (Å²) in [4.78, 5) is 19.7. The van der Waals surface area contributed by atoms with E-state index < -0.39 is 6.09 Å². The van der Waals surface area contributed by atoms with Crippen LogP contribution < -0.4 is 19.9 Å². The molecule has 0 atom stereocenters. The number of nitrogens with zero attached hydrogens (tertiary/aromatic N) is 2. The van der Waals surface area contributed by atoms with Crippen molar-refractivity contribution in [1.29, 1.82) is 0 Å². The van der Waals surface area contributed by atoms with E-state index in [0.29, 0.717) is 34.0 Å². The molecule has 0 aliphatic rings. The fourth-order valence-corrected chi connectivity index (χ4v) is 2.29. The molecule has 7 heteroatoms. The van der Waals surface area contributed by atoms with Crippen LogP contribution in [-0.4, -0.2) is 30.3 Å². The number of hydrogen-bond acceptors (Lipinski definition) is 6. The molecule has 1 heterocycles. The summed E-state index contributed by atoms with van der Waals surface area (Å²) < 4.78 is 15.4. The summed E-state index contributed by atoms with van der Waals surface area (Å²) >= 11 is 0. The summed E-state index contributed by atoms with van der Waals surface area (Å²) in [5, 5.41) is 0. The van der Waals surface area contributed by atoms with Gasteiger partial charge < -0.3 is 19.9 Å². The van der Waals surface area contributed by atoms with E-state index in [1.165, 1.54) is 0 Å². The number of aromatic nitrogens is 2. The minimum absolute atomic E-state index is 0.367. The van der Waals surface area contributed by atoms with Gasteiger partial charge in [0.15, 0.2) is 11.5 Å². The van der Waals surface area contributed by atoms with Gasteiger partial charge in [-0.2, -0.15) is 0 Å². The van der Waals surface area contributed by atoms with E-state index in [0.717, 1.165) is 5.56 Å². The van der Waals surface area contributed by atoms with Gasteiger partial charge in [0, 0.05) is 17.7 Å². The van der Waals surface area contributed by atoms with Crippen molar-refractivity contribution in [3.8, 4) is 28.5 Å². The fraction of sp³-hybridized carbons (Fsp3) is 0.118. The zero-order valence-corrected chi connectivity index (χ0v) is 13.1. The number of benzene rings is 2. The molecule has 0 aliphatic carbocycles. The van der Waals surface area contributed by atoms with Gasteiger partial charge in [-0.3, -0.25) is 4.98 Å². The first-order chi connectivity index (χ1) is 11.6. The van der Waals surface area contributed by atoms with E-state index in [2.05, 4.69) is 9.97 Å². The molecule has 1 amide bonds. The topological polar surface area (TPSA) is 96.6 Å². The lowest BCUT2D eigenvalue weighted by Gasteiger charge is -2.09. The molecule has 0 unspecified atom stereocenters. The van der Waals surface area contributed by atoms with Crippen LogP contribution in [0.25, 0.3) is 22.3 Å². The van der Waals surface area contributed by atoms with Gasteiger partial charge >= 0.3 is 6.09 Å². The quantitative estimate of drug-likeness (QED) is 0.792. The van der Waals surface area contributed by atoms with Crippen molar-refractivity contribution in [2.24, 2.45) is 5.73 Å². The molecule has 2 N–H and O–H groups in total. The lowest BCUT2D eigenvalue weighted by molar-refractivity contribution is 0.211. The summed E-state index contributed by atoms with van der Waals surface area (Å²) in [5.41, 5.74) is 7.87. The van der Waals surface area contributed by atoms with E-state index >= 15 is 0 Å². The van der Waals surface area contributed by atoms with Gasteiger partial charge in [0.1, 0.15) is 5.75 Å². The van der Waals surface area contributed by atoms with Crippen molar-refractivity contribution in [3.63, 3.8) is 0 Å². The largest absolute Gasteiger partial charge is 0.493 e. The third-order valence-electron chi connectivity index (χ3n) is 3.42. The molecular formula is C17H15N3O4. The number of hydrogen-bond donors (Lipinski definition) is 1. The Morgan fingerprint density at radius 1 is 1.00 bits per heavy atom. The minimum atomic E-state index is -0.853. The van der Waals surface area contributed by atoms with Crippen LogP contribution in [0.1, 0.15) is 0 Å². The molecule has 3 rings (SSSR count). The summed E-state index contributed by atoms with van der Waals surface area (Å²) in [7, 11) is 3.14. The number of carbonyl (C=O) groups is 1. The molecule has 0 fully saturated rings. The highest BCUT2D eigenvalue weighted by Crippen LogP contribution is 2.31. The Labute approximate surface area is 138 Å². The van der Waals surface area contributed by atoms with Crippen LogP contribution in [0.4, 0.5) is 4.79 Å². The van der Waals surface area contributed by atoms with Gasteiger partial charge in [0.25, 0.3) is 0 Å². The zero-order chi connectivity index (χ0) is 17.1. The second-order valence-corrected chi connectivity index (χ2v) is 4.90. The first-order valence-electron chi connectivity index (χ1n) is 7.07. The number of rotatable bonds is 4. The van der Waals surface area contributed by atoms with Crippen molar-refractivity contribution >= 4 is 17.1 Å². The highest BCUT2D eigenvalue weighted by atomic mass is 16.5. The molecular weight excluding hydrogens is 310 g/mol. The number of primary amides is 1. The number of amides is 1. The maximum atomic E-state index is 10.7. The molecule has 0 bridgehead atoms. The number of carbonyl (C=O) groups excluding carboxylic acids is 1. The Kier molecular flexibility index (Phi) is 4.15. The maximum absolute atomic E-state index is 10.7. The van der Waals surface area contributed by atoms with Crippen molar-refractivity contribution in [2.75, 3.05) is 14.2 Å². The number of methoxy groups -OCH3 is 2. The molecule has 0 radical (unpaired) electrons. The first-order valence-corrected chi connectivity index (χ1v) is 7.07. The van der Waals surface area contributed by atoms with Crippen LogP contribution in [0.3, 0.4) is 0 Å². The van der Waals surface area contributed by atoms with Crippen LogP contribution in [0, 0.1) is 0 Å². The maximum Gasteiger partial charge on any atom is 0.409 e. The van der Waals surface area contributed by atoms with Gasteiger partial charge in [-0.05, 0) is 24.3 Å². The summed E-state index contributed by atoms with van der Waals surface area (Å²) in [6, 6.07) is 10.4. The third kappa shape index (κ3) is 3.05. The SMILES string of the molecule is COc1cc2ncc(-c3ccc(OC(N)=O)cc3)nc2cc1OC. The van der Waals surface area contributed by atoms with Crippen molar-refractivity contribution in [2.45, 2.75) is 0 Å². The average molecular weight is 325 g/mol. The lowest BCUT2D eigenvalue weighted by atomic mass is 10.1. The highest BCUT2D eigenvalue weighted by molar-refractivity contribution is 5.81. The normalized spacial score (nSPS) is 10.4. The minimum Gasteiger partial charge on any atom is -0.493 e. The molecule has 0 saturated carbocycles. The van der Waals surface area contributed by atoms with E-state index in [1.807, 2.05) is 0 Å². The average Bonchev–Trinajstić information content (AvgIpc) is 2.60. The third-order valence-corrected chi connectivity index (χ3v) is 3.42. The molecule has 2 aromatic carbocycles. The van der Waals surface area contributed by atoms with E-state index in [1.54, 1.807) is 56.8 Å². The predicted octanol–water partition coefficient (Wildman–Crippen LogP) is 2.77. The molecule has 3 aromatic rings. The second-order valence-electron chi connectivity index (χ2n) is 4.90. The fourth-order valence-electron chi connectivity index (χ4n) is 2.29. The van der Waals surface area contributed by atoms with Crippen molar-refractivity contribution in [1.82, 2.24) is 9.97 Å². The monoisotopic (exact) mass is 325 g/mol. The van der Waals surface area contributed by atoms with Crippen LogP contribution >= 0.6 is 0 Å². The van der Waals surface area contributed by atoms with Gasteiger partial charge in [-0.15, -0.1) is 0 Å². The number of fused-ring (bicyclic) bond motifs is 1. The van der Waals surface area contributed by atoms with Crippen molar-refractivity contribution in [3.05, 3.63) is 42.6 Å². The van der Waals surface area contributed by atoms with E-state index in [9.17, 15) is 4.79 Å². The van der Waals surface area contributed by atoms with Crippen LogP contribution in [0.2, 0.25) is 0 Å². The predicted molar refractivity (Wildman–Crippen MR) is 88.3 cm³/mol. The molecule has 1 aromatic heterocycles. The van der Waals surface area contributed by atoms with Crippen LogP contribution in [-0.2, 0) is 0 Å². The molecule has 0 aliphatic heterocycles. The van der Waals surface area contributed by atoms with E-state index in [-0.39, 0.29) is 0 Å². The van der Waals surface area contributed by atoms with Crippen LogP contribution in [0.15, 0.2) is 42.6 Å². The molecule has 122 valence electrons. The molecule has 0 spiro atoms. The van der Waals surface area contributed by atoms with Crippen molar-refractivity contribution < 1.29 is 19.0 Å². The lowest BCUT2D eigenvalue weighted by Crippen LogP contribution is -2.16. The van der Waals surface area contributed by atoms with Gasteiger partial charge in [0.05, 0.1) is 37.1 Å². The zero-order valence-electron chi connectivity index (χ0n) is 13.1. The summed E-state index contributed by atoms with van der Waals surface area (Å²) in [6.45, 7) is 0. The number of nitrogens with two attached hydrogens (primary N) is 1. The highest BCUT2D eigenvalue weighted by Gasteiger charge is 2.09. The molecule has 0 saturated heterocycles.